The van der Waals surface area contributed by atoms with Gasteiger partial charge < -0.3 is 10.1 Å². The van der Waals surface area contributed by atoms with Crippen molar-refractivity contribution in [2.45, 2.75) is 50.3 Å². The van der Waals surface area contributed by atoms with Crippen molar-refractivity contribution in [3.63, 3.8) is 0 Å². The van der Waals surface area contributed by atoms with Crippen molar-refractivity contribution in [1.82, 2.24) is 5.32 Å². The fourth-order valence-corrected chi connectivity index (χ4v) is 3.76. The molecule has 3 saturated heterocycles. The smallest absolute Gasteiger partial charge is 0.306 e. The lowest BCUT2D eigenvalue weighted by Crippen LogP contribution is -2.48. The lowest BCUT2D eigenvalue weighted by Gasteiger charge is -2.40. The molecule has 1 spiro atoms. The van der Waals surface area contributed by atoms with Gasteiger partial charge >= 0.3 is 5.97 Å². The molecule has 3 fully saturated rings. The molecule has 0 aromatic heterocycles. The third kappa shape index (κ3) is 1.77. The maximum atomic E-state index is 11.5. The Kier molecular flexibility index (Phi) is 2.49. The molecule has 2 bridgehead atoms. The lowest BCUT2D eigenvalue weighted by atomic mass is 9.70. The summed E-state index contributed by atoms with van der Waals surface area (Å²) in [6.07, 6.45) is 4.61. The SMILES string of the molecule is [N-]=[N+]=NCC1OC(=O)CC12CC1CCC(C2)N1. The van der Waals surface area contributed by atoms with Crippen LogP contribution in [0.4, 0.5) is 0 Å². The van der Waals surface area contributed by atoms with Crippen LogP contribution in [0.25, 0.3) is 10.4 Å². The number of cyclic esters (lactones) is 1. The maximum absolute atomic E-state index is 11.5. The molecule has 0 aromatic rings. The number of rotatable bonds is 2. The van der Waals surface area contributed by atoms with Gasteiger partial charge in [-0.25, -0.2) is 0 Å². The third-order valence-electron chi connectivity index (χ3n) is 4.40. The summed E-state index contributed by atoms with van der Waals surface area (Å²) < 4.78 is 5.35. The van der Waals surface area contributed by atoms with E-state index in [4.69, 9.17) is 10.3 Å². The first-order valence-electron chi connectivity index (χ1n) is 6.18. The number of azide groups is 1. The van der Waals surface area contributed by atoms with Gasteiger partial charge in [0, 0.05) is 22.4 Å². The maximum Gasteiger partial charge on any atom is 0.306 e. The quantitative estimate of drug-likeness (QED) is 0.341. The fourth-order valence-electron chi connectivity index (χ4n) is 3.76. The number of carbonyl (C=O) groups excluding carboxylic acids is 1. The summed E-state index contributed by atoms with van der Waals surface area (Å²) in [4.78, 5) is 14.3. The van der Waals surface area contributed by atoms with Crippen molar-refractivity contribution in [2.24, 2.45) is 10.5 Å². The monoisotopic (exact) mass is 236 g/mol. The molecule has 6 heteroatoms. The van der Waals surface area contributed by atoms with Gasteiger partial charge in [0.15, 0.2) is 0 Å². The predicted octanol–water partition coefficient (Wildman–Crippen LogP) is 1.51. The van der Waals surface area contributed by atoms with Crippen molar-refractivity contribution in [2.75, 3.05) is 6.54 Å². The number of ether oxygens (including phenoxy) is 1. The molecule has 17 heavy (non-hydrogen) atoms. The Balaban J connectivity index is 1.83. The lowest BCUT2D eigenvalue weighted by molar-refractivity contribution is -0.141. The van der Waals surface area contributed by atoms with Gasteiger partial charge in [-0.1, -0.05) is 5.11 Å². The first-order valence-corrected chi connectivity index (χ1v) is 6.18. The molecule has 3 aliphatic heterocycles. The molecule has 0 saturated carbocycles. The average molecular weight is 236 g/mol. The van der Waals surface area contributed by atoms with Gasteiger partial charge in [-0.3, -0.25) is 4.79 Å². The fraction of sp³-hybridized carbons (Fsp3) is 0.909. The molecular weight excluding hydrogens is 220 g/mol. The van der Waals surface area contributed by atoms with Crippen molar-refractivity contribution < 1.29 is 9.53 Å². The van der Waals surface area contributed by atoms with Crippen molar-refractivity contribution in [3.05, 3.63) is 10.4 Å². The molecule has 1 N–H and O–H groups in total. The summed E-state index contributed by atoms with van der Waals surface area (Å²) in [5.74, 6) is -0.135. The zero-order valence-electron chi connectivity index (χ0n) is 9.63. The van der Waals surface area contributed by atoms with Gasteiger partial charge in [-0.15, -0.1) is 0 Å². The third-order valence-corrected chi connectivity index (χ3v) is 4.40. The second kappa shape index (κ2) is 3.89. The van der Waals surface area contributed by atoms with Crippen LogP contribution in [0, 0.1) is 5.41 Å². The number of hydrogen-bond donors (Lipinski definition) is 1. The van der Waals surface area contributed by atoms with Crippen LogP contribution in [0.15, 0.2) is 5.11 Å². The number of hydrogen-bond acceptors (Lipinski definition) is 4. The summed E-state index contributed by atoms with van der Waals surface area (Å²) in [6.45, 7) is 0.279. The van der Waals surface area contributed by atoms with Crippen LogP contribution in [0.1, 0.15) is 32.1 Å². The Bertz CT molecular complexity index is 379. The Morgan fingerprint density at radius 3 is 2.82 bits per heavy atom. The molecule has 3 atom stereocenters. The van der Waals surface area contributed by atoms with Crippen molar-refractivity contribution in [1.29, 1.82) is 0 Å². The Morgan fingerprint density at radius 2 is 2.18 bits per heavy atom. The van der Waals surface area contributed by atoms with Gasteiger partial charge in [-0.05, 0) is 31.2 Å². The number of piperidine rings is 1. The molecule has 3 rings (SSSR count). The van der Waals surface area contributed by atoms with Crippen LogP contribution in [0.2, 0.25) is 0 Å². The van der Waals surface area contributed by atoms with Crippen LogP contribution in [-0.4, -0.2) is 30.7 Å². The van der Waals surface area contributed by atoms with Crippen molar-refractivity contribution in [3.8, 4) is 0 Å². The van der Waals surface area contributed by atoms with Gasteiger partial charge in [0.1, 0.15) is 6.10 Å². The van der Waals surface area contributed by atoms with Crippen molar-refractivity contribution >= 4 is 5.97 Å². The minimum absolute atomic E-state index is 0.0810. The van der Waals surface area contributed by atoms with E-state index in [9.17, 15) is 4.79 Å². The molecule has 0 amide bonds. The van der Waals surface area contributed by atoms with E-state index in [1.54, 1.807) is 0 Å². The van der Waals surface area contributed by atoms with Crippen LogP contribution in [-0.2, 0) is 9.53 Å². The van der Waals surface area contributed by atoms with E-state index in [1.807, 2.05) is 0 Å². The minimum atomic E-state index is -0.212. The summed E-state index contributed by atoms with van der Waals surface area (Å²) in [5, 5.41) is 7.15. The number of nitrogens with zero attached hydrogens (tertiary/aromatic N) is 3. The molecule has 92 valence electrons. The van der Waals surface area contributed by atoms with Crippen LogP contribution >= 0.6 is 0 Å². The van der Waals surface area contributed by atoms with E-state index in [-0.39, 0.29) is 24.0 Å². The first-order chi connectivity index (χ1) is 8.22. The van der Waals surface area contributed by atoms with Gasteiger partial charge in [-0.2, -0.15) is 0 Å². The normalized spacial score (nSPS) is 43.5. The summed E-state index contributed by atoms with van der Waals surface area (Å²) in [7, 11) is 0. The van der Waals surface area contributed by atoms with E-state index < -0.39 is 0 Å². The highest BCUT2D eigenvalue weighted by Crippen LogP contribution is 2.49. The van der Waals surface area contributed by atoms with E-state index in [1.165, 1.54) is 12.8 Å². The van der Waals surface area contributed by atoms with E-state index >= 15 is 0 Å². The second-order valence-electron chi connectivity index (χ2n) is 5.48. The minimum Gasteiger partial charge on any atom is -0.462 e. The highest BCUT2D eigenvalue weighted by atomic mass is 16.6. The highest BCUT2D eigenvalue weighted by Gasteiger charge is 2.54. The zero-order valence-corrected chi connectivity index (χ0v) is 9.63. The van der Waals surface area contributed by atoms with Crippen LogP contribution < -0.4 is 5.32 Å². The first kappa shape index (κ1) is 10.9. The highest BCUT2D eigenvalue weighted by molar-refractivity contribution is 5.73. The standard InChI is InChI=1S/C11H16N4O2/c12-15-13-6-9-11(5-10(16)17-9)3-7-1-2-8(4-11)14-7/h7-9,14H,1-6H2. The Labute approximate surface area is 99.3 Å². The molecule has 0 radical (unpaired) electrons. The molecule has 3 aliphatic rings. The predicted molar refractivity (Wildman–Crippen MR) is 60.1 cm³/mol. The second-order valence-corrected chi connectivity index (χ2v) is 5.48. The summed E-state index contributed by atoms with van der Waals surface area (Å²) in [6, 6.07) is 1.02. The number of carbonyl (C=O) groups is 1. The number of fused-ring (bicyclic) bond motifs is 2. The Hall–Kier alpha value is -1.26. The average Bonchev–Trinajstić information content (AvgIpc) is 2.77. The number of esters is 1. The van der Waals surface area contributed by atoms with Crippen LogP contribution in [0.3, 0.4) is 0 Å². The molecule has 0 aromatic carbocycles. The topological polar surface area (TPSA) is 87.1 Å². The molecular formula is C11H16N4O2. The Morgan fingerprint density at radius 1 is 1.47 bits per heavy atom. The summed E-state index contributed by atoms with van der Waals surface area (Å²) in [5.41, 5.74) is 8.32. The van der Waals surface area contributed by atoms with E-state index in [2.05, 4.69) is 15.3 Å². The van der Waals surface area contributed by atoms with Gasteiger partial charge in [0.05, 0.1) is 13.0 Å². The van der Waals surface area contributed by atoms with Crippen LogP contribution in [0.5, 0.6) is 0 Å². The molecule has 6 nitrogen and oxygen atoms in total. The van der Waals surface area contributed by atoms with E-state index in [0.717, 1.165) is 12.8 Å². The largest absolute Gasteiger partial charge is 0.462 e. The van der Waals surface area contributed by atoms with Gasteiger partial charge in [0.2, 0.25) is 0 Å². The summed E-state index contributed by atoms with van der Waals surface area (Å²) >= 11 is 0. The number of nitrogens with one attached hydrogen (secondary N) is 1. The zero-order chi connectivity index (χ0) is 11.9. The van der Waals surface area contributed by atoms with E-state index in [0.29, 0.717) is 18.5 Å². The molecule has 3 heterocycles. The van der Waals surface area contributed by atoms with Gasteiger partial charge in [0.25, 0.3) is 0 Å². The molecule has 0 aliphatic carbocycles. The molecule has 3 unspecified atom stereocenters.